The Morgan fingerprint density at radius 3 is 1.24 bits per heavy atom. The van der Waals surface area contributed by atoms with E-state index in [0.717, 1.165) is 38.5 Å². The van der Waals surface area contributed by atoms with Crippen LogP contribution in [0.3, 0.4) is 0 Å². The van der Waals surface area contributed by atoms with Crippen molar-refractivity contribution in [2.24, 2.45) is 0 Å². The first kappa shape index (κ1) is 66.9. The molecule has 1 heterocycles. The zero-order chi connectivity index (χ0) is 51.2. The summed E-state index contributed by atoms with van der Waals surface area (Å²) in [5.41, 5.74) is 0. The first-order valence-corrected chi connectivity index (χ1v) is 30.9. The van der Waals surface area contributed by atoms with Crippen LogP contribution >= 0.6 is 0 Å². The molecule has 0 bridgehead atoms. The number of hydrogen-bond donors (Lipinski definition) is 6. The van der Waals surface area contributed by atoms with Crippen molar-refractivity contribution in [2.75, 3.05) is 13.2 Å². The number of carbonyl (C=O) groups excluding carboxylic acids is 1. The fourth-order valence-electron chi connectivity index (χ4n) is 9.75. The molecule has 13 heteroatoms. The van der Waals surface area contributed by atoms with Crippen LogP contribution in [-0.4, -0.2) is 95.4 Å². The van der Waals surface area contributed by atoms with E-state index in [2.05, 4.69) is 23.3 Å². The van der Waals surface area contributed by atoms with Crippen LogP contribution in [0.1, 0.15) is 290 Å². The quantitative estimate of drug-likeness (QED) is 0.0193. The SMILES string of the molecule is CCCCCCCCCCCCCCCCCCCCC/C=C/C(O)C(COC1OC(CO)C(O)C(OS(=O)(=O)O)C1O)NC(=O)CCCCCCCCCCCCCCCCCCCCCCCC. The number of nitrogens with one attached hydrogen (secondary N) is 1. The van der Waals surface area contributed by atoms with Crippen LogP contribution in [0.25, 0.3) is 0 Å². The zero-order valence-electron chi connectivity index (χ0n) is 45.1. The van der Waals surface area contributed by atoms with Crippen LogP contribution in [0, 0.1) is 0 Å². The van der Waals surface area contributed by atoms with Crippen molar-refractivity contribution in [2.45, 2.75) is 333 Å². The van der Waals surface area contributed by atoms with E-state index in [1.807, 2.05) is 6.08 Å². The highest BCUT2D eigenvalue weighted by atomic mass is 32.3. The van der Waals surface area contributed by atoms with Crippen LogP contribution < -0.4 is 5.32 Å². The number of rotatable bonds is 52. The average molecular weight is 1020 g/mol. The Hall–Kier alpha value is -1.16. The molecule has 1 rings (SSSR count). The smallest absolute Gasteiger partial charge is 0.394 e. The summed E-state index contributed by atoms with van der Waals surface area (Å²) in [6, 6.07) is -0.940. The number of ether oxygens (including phenoxy) is 2. The molecule has 1 aliphatic rings. The second kappa shape index (κ2) is 47.5. The number of allylic oxidation sites excluding steroid dienone is 1. The van der Waals surface area contributed by atoms with Gasteiger partial charge in [-0.15, -0.1) is 0 Å². The molecule has 0 aromatic heterocycles. The molecule has 1 fully saturated rings. The number of carbonyl (C=O) groups is 1. The third-order valence-electron chi connectivity index (χ3n) is 14.3. The summed E-state index contributed by atoms with van der Waals surface area (Å²) >= 11 is 0. The second-order valence-corrected chi connectivity index (χ2v) is 22.0. The van der Waals surface area contributed by atoms with Gasteiger partial charge in [0.1, 0.15) is 24.4 Å². The van der Waals surface area contributed by atoms with Gasteiger partial charge < -0.3 is 35.2 Å². The minimum Gasteiger partial charge on any atom is -0.394 e. The van der Waals surface area contributed by atoms with Crippen LogP contribution in [0.5, 0.6) is 0 Å². The van der Waals surface area contributed by atoms with Gasteiger partial charge in [0.2, 0.25) is 5.91 Å². The summed E-state index contributed by atoms with van der Waals surface area (Å²) in [5, 5.41) is 45.0. The second-order valence-electron chi connectivity index (χ2n) is 20.9. The van der Waals surface area contributed by atoms with Crippen molar-refractivity contribution in [1.29, 1.82) is 0 Å². The zero-order valence-corrected chi connectivity index (χ0v) is 45.9. The Balaban J connectivity index is 2.36. The normalized spacial score (nSPS) is 19.6. The fourth-order valence-corrected chi connectivity index (χ4v) is 10.3. The third kappa shape index (κ3) is 39.3. The summed E-state index contributed by atoms with van der Waals surface area (Å²) in [7, 11) is -5.09. The summed E-state index contributed by atoms with van der Waals surface area (Å²) in [4.78, 5) is 13.1. The van der Waals surface area contributed by atoms with Gasteiger partial charge in [0, 0.05) is 6.42 Å². The van der Waals surface area contributed by atoms with Crippen LogP contribution in [0.2, 0.25) is 0 Å². The van der Waals surface area contributed by atoms with Crippen molar-refractivity contribution in [1.82, 2.24) is 5.32 Å². The Bertz CT molecular complexity index is 1290. The molecular weight excluding hydrogens is 907 g/mol. The van der Waals surface area contributed by atoms with Gasteiger partial charge in [0.15, 0.2) is 6.29 Å². The van der Waals surface area contributed by atoms with Crippen LogP contribution in [0.15, 0.2) is 12.2 Å². The first-order valence-electron chi connectivity index (χ1n) is 29.6. The van der Waals surface area contributed by atoms with Crippen molar-refractivity contribution in [3.63, 3.8) is 0 Å². The van der Waals surface area contributed by atoms with Crippen LogP contribution in [0.4, 0.5) is 0 Å². The van der Waals surface area contributed by atoms with Gasteiger partial charge in [-0.25, -0.2) is 4.18 Å². The molecule has 12 nitrogen and oxygen atoms in total. The average Bonchev–Trinajstić information content (AvgIpc) is 3.33. The van der Waals surface area contributed by atoms with E-state index in [4.69, 9.17) is 9.47 Å². The molecule has 0 aromatic rings. The fraction of sp³-hybridized carbons (Fsp3) is 0.947. The molecule has 1 amide bonds. The molecule has 70 heavy (non-hydrogen) atoms. The van der Waals surface area contributed by atoms with Gasteiger partial charge in [0.25, 0.3) is 0 Å². The van der Waals surface area contributed by atoms with Crippen molar-refractivity contribution < 1.29 is 51.8 Å². The monoisotopic (exact) mass is 1020 g/mol. The number of amides is 1. The largest absolute Gasteiger partial charge is 0.397 e. The number of unbranched alkanes of at least 4 members (excludes halogenated alkanes) is 40. The predicted molar refractivity (Wildman–Crippen MR) is 287 cm³/mol. The van der Waals surface area contributed by atoms with E-state index in [0.29, 0.717) is 6.42 Å². The van der Waals surface area contributed by atoms with E-state index >= 15 is 0 Å². The van der Waals surface area contributed by atoms with E-state index in [-0.39, 0.29) is 18.9 Å². The number of hydrogen-bond acceptors (Lipinski definition) is 10. The maximum absolute atomic E-state index is 13.1. The molecule has 416 valence electrons. The maximum atomic E-state index is 13.1. The Morgan fingerprint density at radius 2 is 0.900 bits per heavy atom. The summed E-state index contributed by atoms with van der Waals surface area (Å²) < 4.78 is 47.9. The van der Waals surface area contributed by atoms with Crippen molar-refractivity contribution in [3.8, 4) is 0 Å². The maximum Gasteiger partial charge on any atom is 0.397 e. The molecule has 7 atom stereocenters. The standard InChI is InChI=1S/C57H111NO11S/c1-3-5-7-9-11-13-15-17-19-21-23-25-27-29-31-33-35-37-39-41-43-45-47-53(61)58-50(49-67-57-55(63)56(69-70(64,65)66)54(62)52(48-59)68-57)51(60)46-44-42-40-38-36-34-32-30-28-26-24-22-20-18-16-14-12-10-8-6-4-2/h44,46,50-52,54-57,59-60,62-63H,3-43,45,47-49H2,1-2H3,(H,58,61)(H,64,65,66)/b46-44+. The van der Waals surface area contributed by atoms with Gasteiger partial charge in [-0.3, -0.25) is 9.35 Å². The van der Waals surface area contributed by atoms with Gasteiger partial charge in [0.05, 0.1) is 25.4 Å². The highest BCUT2D eigenvalue weighted by molar-refractivity contribution is 7.80. The van der Waals surface area contributed by atoms with Gasteiger partial charge in [-0.1, -0.05) is 276 Å². The lowest BCUT2D eigenvalue weighted by Crippen LogP contribution is -2.61. The van der Waals surface area contributed by atoms with Crippen molar-refractivity contribution >= 4 is 16.3 Å². The molecule has 0 aromatic carbocycles. The molecule has 0 spiro atoms. The summed E-state index contributed by atoms with van der Waals surface area (Å²) in [5.74, 6) is -0.255. The molecular formula is C57H111NO11S. The molecule has 0 radical (unpaired) electrons. The molecule has 1 aliphatic heterocycles. The predicted octanol–water partition coefficient (Wildman–Crippen LogP) is 13.8. The molecule has 0 aliphatic carbocycles. The Morgan fingerprint density at radius 1 is 0.557 bits per heavy atom. The van der Waals surface area contributed by atoms with Gasteiger partial charge >= 0.3 is 10.4 Å². The van der Waals surface area contributed by atoms with Crippen LogP contribution in [-0.2, 0) is 28.9 Å². The molecule has 6 N–H and O–H groups in total. The topological polar surface area (TPSA) is 192 Å². The Labute approximate surface area is 430 Å². The minimum atomic E-state index is -5.09. The van der Waals surface area contributed by atoms with E-state index < -0.39 is 59.9 Å². The van der Waals surface area contributed by atoms with Gasteiger partial charge in [-0.05, 0) is 19.3 Å². The number of aliphatic hydroxyl groups excluding tert-OH is 4. The highest BCUT2D eigenvalue weighted by Crippen LogP contribution is 2.26. The lowest BCUT2D eigenvalue weighted by atomic mass is 9.99. The summed E-state index contributed by atoms with van der Waals surface area (Å²) in [6.45, 7) is 3.45. The molecule has 7 unspecified atom stereocenters. The number of aliphatic hydroxyl groups is 4. The Kier molecular flexibility index (Phi) is 45.4. The van der Waals surface area contributed by atoms with Crippen molar-refractivity contribution in [3.05, 3.63) is 12.2 Å². The minimum absolute atomic E-state index is 0.255. The third-order valence-corrected chi connectivity index (χ3v) is 14.8. The highest BCUT2D eigenvalue weighted by Gasteiger charge is 2.48. The van der Waals surface area contributed by atoms with E-state index in [9.17, 15) is 38.2 Å². The first-order chi connectivity index (χ1) is 34.0. The lowest BCUT2D eigenvalue weighted by Gasteiger charge is -2.41. The summed E-state index contributed by atoms with van der Waals surface area (Å²) in [6.07, 6.45) is 48.3. The van der Waals surface area contributed by atoms with E-state index in [1.54, 1.807) is 6.08 Å². The van der Waals surface area contributed by atoms with Gasteiger partial charge in [-0.2, -0.15) is 8.42 Å². The lowest BCUT2D eigenvalue weighted by molar-refractivity contribution is -0.298. The molecule has 0 saturated carbocycles. The van der Waals surface area contributed by atoms with E-state index in [1.165, 1.54) is 225 Å². The molecule has 1 saturated heterocycles.